The molecule has 6 heteroatoms. The number of nitrogens with zero attached hydrogens (tertiary/aromatic N) is 3. The van der Waals surface area contributed by atoms with Crippen LogP contribution in [0, 0.1) is 0 Å². The number of ether oxygens (including phenoxy) is 1. The molecule has 0 bridgehead atoms. The normalized spacial score (nSPS) is 11.2. The number of halogens is 2. The molecule has 0 atom stereocenters. The number of benzene rings is 2. The summed E-state index contributed by atoms with van der Waals surface area (Å²) in [7, 11) is 1.68. The van der Waals surface area contributed by atoms with Gasteiger partial charge in [0, 0.05) is 27.8 Å². The molecule has 0 radical (unpaired) electrons. The van der Waals surface area contributed by atoms with E-state index < -0.39 is 0 Å². The highest BCUT2D eigenvalue weighted by Crippen LogP contribution is 2.31. The van der Waals surface area contributed by atoms with E-state index >= 15 is 0 Å². The molecule has 0 aliphatic rings. The van der Waals surface area contributed by atoms with E-state index in [0.29, 0.717) is 6.61 Å². The SMILES string of the molecule is COCc1nn2c(-c3ccc(Br)cc3)ccnc2c1-c1ccc(Br)cc1. The van der Waals surface area contributed by atoms with Gasteiger partial charge in [0.1, 0.15) is 0 Å². The summed E-state index contributed by atoms with van der Waals surface area (Å²) in [5, 5.41) is 4.81. The Morgan fingerprint density at radius 2 is 1.50 bits per heavy atom. The first kappa shape index (κ1) is 17.4. The molecule has 4 aromatic rings. The maximum absolute atomic E-state index is 5.39. The molecular weight excluding hydrogens is 458 g/mol. The van der Waals surface area contributed by atoms with E-state index in [-0.39, 0.29) is 0 Å². The minimum Gasteiger partial charge on any atom is -0.378 e. The van der Waals surface area contributed by atoms with Gasteiger partial charge in [0.15, 0.2) is 5.65 Å². The van der Waals surface area contributed by atoms with Gasteiger partial charge in [-0.15, -0.1) is 0 Å². The van der Waals surface area contributed by atoms with Gasteiger partial charge in [-0.2, -0.15) is 5.10 Å². The molecule has 0 fully saturated rings. The third kappa shape index (κ3) is 3.20. The lowest BCUT2D eigenvalue weighted by Crippen LogP contribution is -1.96. The van der Waals surface area contributed by atoms with Crippen LogP contribution in [-0.4, -0.2) is 21.7 Å². The first-order valence-corrected chi connectivity index (χ1v) is 9.63. The largest absolute Gasteiger partial charge is 0.378 e. The van der Waals surface area contributed by atoms with Crippen LogP contribution in [0.2, 0.25) is 0 Å². The lowest BCUT2D eigenvalue weighted by atomic mass is 10.1. The molecule has 0 saturated carbocycles. The van der Waals surface area contributed by atoms with E-state index in [2.05, 4.69) is 61.1 Å². The van der Waals surface area contributed by atoms with Gasteiger partial charge in [-0.3, -0.25) is 0 Å². The summed E-state index contributed by atoms with van der Waals surface area (Å²) < 4.78 is 9.36. The van der Waals surface area contributed by atoms with Crippen LogP contribution < -0.4 is 0 Å². The summed E-state index contributed by atoms with van der Waals surface area (Å²) in [6, 6.07) is 18.3. The quantitative estimate of drug-likeness (QED) is 0.380. The molecule has 26 heavy (non-hydrogen) atoms. The summed E-state index contributed by atoms with van der Waals surface area (Å²) in [5.74, 6) is 0. The van der Waals surface area contributed by atoms with Crippen LogP contribution in [0.25, 0.3) is 28.0 Å². The van der Waals surface area contributed by atoms with Gasteiger partial charge in [-0.1, -0.05) is 56.1 Å². The lowest BCUT2D eigenvalue weighted by Gasteiger charge is -2.05. The van der Waals surface area contributed by atoms with Gasteiger partial charge < -0.3 is 4.74 Å². The smallest absolute Gasteiger partial charge is 0.163 e. The van der Waals surface area contributed by atoms with Crippen molar-refractivity contribution in [3.05, 3.63) is 75.4 Å². The Bertz CT molecular complexity index is 1060. The summed E-state index contributed by atoms with van der Waals surface area (Å²) >= 11 is 6.98. The second kappa shape index (κ2) is 7.31. The van der Waals surface area contributed by atoms with Crippen molar-refractivity contribution >= 4 is 37.5 Å². The third-order valence-electron chi connectivity index (χ3n) is 4.14. The van der Waals surface area contributed by atoms with Crippen molar-refractivity contribution in [2.45, 2.75) is 6.61 Å². The standard InChI is InChI=1S/C20H15Br2N3O/c1-26-12-17-19(14-4-8-16(22)9-5-14)20-23-11-10-18(25(20)24-17)13-2-6-15(21)7-3-13/h2-11H,12H2,1H3. The first-order chi connectivity index (χ1) is 12.7. The molecule has 2 aromatic heterocycles. The van der Waals surface area contributed by atoms with Crippen molar-refractivity contribution in [2.24, 2.45) is 0 Å². The van der Waals surface area contributed by atoms with Crippen molar-refractivity contribution in [2.75, 3.05) is 7.11 Å². The van der Waals surface area contributed by atoms with Crippen molar-refractivity contribution in [1.29, 1.82) is 0 Å². The second-order valence-corrected chi connectivity index (χ2v) is 7.67. The summed E-state index contributed by atoms with van der Waals surface area (Å²) in [4.78, 5) is 4.61. The van der Waals surface area contributed by atoms with Crippen molar-refractivity contribution < 1.29 is 4.74 Å². The molecule has 0 aliphatic carbocycles. The first-order valence-electron chi connectivity index (χ1n) is 8.05. The number of hydrogen-bond donors (Lipinski definition) is 0. The van der Waals surface area contributed by atoms with Gasteiger partial charge in [-0.25, -0.2) is 9.50 Å². The van der Waals surface area contributed by atoms with Gasteiger partial charge in [0.2, 0.25) is 0 Å². The van der Waals surface area contributed by atoms with Crippen LogP contribution in [0.15, 0.2) is 69.7 Å². The predicted octanol–water partition coefficient (Wildman–Crippen LogP) is 5.73. The molecule has 0 amide bonds. The Balaban J connectivity index is 1.96. The van der Waals surface area contributed by atoms with E-state index in [4.69, 9.17) is 9.84 Å². The van der Waals surface area contributed by atoms with Crippen LogP contribution in [0.3, 0.4) is 0 Å². The molecule has 0 N–H and O–H groups in total. The highest BCUT2D eigenvalue weighted by molar-refractivity contribution is 9.10. The van der Waals surface area contributed by atoms with Crippen LogP contribution in [0.1, 0.15) is 5.69 Å². The zero-order chi connectivity index (χ0) is 18.1. The molecule has 0 spiro atoms. The van der Waals surface area contributed by atoms with Crippen LogP contribution >= 0.6 is 31.9 Å². The highest BCUT2D eigenvalue weighted by atomic mass is 79.9. The molecule has 4 nitrogen and oxygen atoms in total. The topological polar surface area (TPSA) is 39.4 Å². The minimum absolute atomic E-state index is 0.425. The Hall–Kier alpha value is -2.02. The summed E-state index contributed by atoms with van der Waals surface area (Å²) in [6.07, 6.45) is 1.83. The Morgan fingerprint density at radius 1 is 0.885 bits per heavy atom. The molecule has 4 rings (SSSR count). The van der Waals surface area contributed by atoms with E-state index in [9.17, 15) is 0 Å². The number of hydrogen-bond acceptors (Lipinski definition) is 3. The van der Waals surface area contributed by atoms with E-state index in [1.807, 2.05) is 41.0 Å². The average Bonchev–Trinajstić information content (AvgIpc) is 3.02. The van der Waals surface area contributed by atoms with Gasteiger partial charge in [-0.05, 0) is 35.9 Å². The van der Waals surface area contributed by atoms with Crippen molar-refractivity contribution in [3.63, 3.8) is 0 Å². The van der Waals surface area contributed by atoms with Crippen LogP contribution in [-0.2, 0) is 11.3 Å². The van der Waals surface area contributed by atoms with E-state index in [0.717, 1.165) is 42.7 Å². The highest BCUT2D eigenvalue weighted by Gasteiger charge is 2.18. The molecule has 0 unspecified atom stereocenters. The molecular formula is C20H15Br2N3O. The molecule has 2 aromatic carbocycles. The lowest BCUT2D eigenvalue weighted by molar-refractivity contribution is 0.181. The summed E-state index contributed by atoms with van der Waals surface area (Å²) in [6.45, 7) is 0.425. The van der Waals surface area contributed by atoms with E-state index in [1.54, 1.807) is 7.11 Å². The Labute approximate surface area is 168 Å². The van der Waals surface area contributed by atoms with Crippen LogP contribution in [0.5, 0.6) is 0 Å². The Kier molecular flexibility index (Phi) is 4.89. The maximum Gasteiger partial charge on any atom is 0.163 e. The third-order valence-corrected chi connectivity index (χ3v) is 5.20. The molecule has 2 heterocycles. The average molecular weight is 473 g/mol. The minimum atomic E-state index is 0.425. The van der Waals surface area contributed by atoms with E-state index in [1.165, 1.54) is 0 Å². The zero-order valence-electron chi connectivity index (χ0n) is 14.0. The van der Waals surface area contributed by atoms with Gasteiger partial charge in [0.25, 0.3) is 0 Å². The predicted molar refractivity (Wildman–Crippen MR) is 110 cm³/mol. The molecule has 0 saturated heterocycles. The maximum atomic E-state index is 5.39. The second-order valence-electron chi connectivity index (χ2n) is 5.83. The zero-order valence-corrected chi connectivity index (χ0v) is 17.2. The van der Waals surface area contributed by atoms with Crippen molar-refractivity contribution in [3.8, 4) is 22.4 Å². The van der Waals surface area contributed by atoms with Gasteiger partial charge in [0.05, 0.1) is 23.6 Å². The monoisotopic (exact) mass is 471 g/mol. The Morgan fingerprint density at radius 3 is 2.12 bits per heavy atom. The summed E-state index contributed by atoms with van der Waals surface area (Å²) in [5.41, 5.74) is 5.82. The number of aromatic nitrogens is 3. The fraction of sp³-hybridized carbons (Fsp3) is 0.100. The molecule has 130 valence electrons. The number of rotatable bonds is 4. The van der Waals surface area contributed by atoms with Crippen molar-refractivity contribution in [1.82, 2.24) is 14.6 Å². The van der Waals surface area contributed by atoms with Crippen LogP contribution in [0.4, 0.5) is 0 Å². The number of fused-ring (bicyclic) bond motifs is 1. The van der Waals surface area contributed by atoms with Gasteiger partial charge >= 0.3 is 0 Å². The molecule has 0 aliphatic heterocycles. The fourth-order valence-electron chi connectivity index (χ4n) is 2.98. The number of methoxy groups -OCH3 is 1. The fourth-order valence-corrected chi connectivity index (χ4v) is 3.51.